The van der Waals surface area contributed by atoms with Crippen LogP contribution in [0.25, 0.3) is 11.3 Å². The Morgan fingerprint density at radius 3 is 3.04 bits per heavy atom. The number of carbonyl (C=O) groups is 1. The molecule has 1 aliphatic heterocycles. The number of anilines is 1. The van der Waals surface area contributed by atoms with E-state index in [0.29, 0.717) is 21.5 Å². The standard InChI is InChI=1S/C19H15ClN2O3S/c1-24-17-9-13(20)3-4-14(17)18(23)22-19-21-15(10-26-19)11-2-5-16-12(8-11)6-7-25-16/h2-5,8-10H,6-7H2,1H3,(H,21,22,23). The van der Waals surface area contributed by atoms with Crippen LogP contribution in [0.15, 0.2) is 41.8 Å². The number of halogens is 1. The van der Waals surface area contributed by atoms with Crippen LogP contribution >= 0.6 is 22.9 Å². The molecule has 1 aromatic heterocycles. The first-order valence-electron chi connectivity index (χ1n) is 8.00. The number of carbonyl (C=O) groups excluding carboxylic acids is 1. The number of amides is 1. The normalized spacial score (nSPS) is 12.4. The number of aromatic nitrogens is 1. The first-order valence-corrected chi connectivity index (χ1v) is 9.26. The quantitative estimate of drug-likeness (QED) is 0.708. The summed E-state index contributed by atoms with van der Waals surface area (Å²) in [6, 6.07) is 10.9. The maximum Gasteiger partial charge on any atom is 0.261 e. The zero-order valence-electron chi connectivity index (χ0n) is 13.9. The molecule has 26 heavy (non-hydrogen) atoms. The number of fused-ring (bicyclic) bond motifs is 1. The third kappa shape index (κ3) is 3.25. The number of thiazole rings is 1. The summed E-state index contributed by atoms with van der Waals surface area (Å²) >= 11 is 7.32. The van der Waals surface area contributed by atoms with Crippen molar-refractivity contribution in [2.75, 3.05) is 19.0 Å². The Bertz CT molecular complexity index is 987. The molecular weight excluding hydrogens is 372 g/mol. The number of ether oxygens (including phenoxy) is 2. The monoisotopic (exact) mass is 386 g/mol. The highest BCUT2D eigenvalue weighted by Gasteiger charge is 2.16. The van der Waals surface area contributed by atoms with E-state index >= 15 is 0 Å². The number of hydrogen-bond acceptors (Lipinski definition) is 5. The average molecular weight is 387 g/mol. The van der Waals surface area contributed by atoms with E-state index in [4.69, 9.17) is 21.1 Å². The Hall–Kier alpha value is -2.57. The molecular formula is C19H15ClN2O3S. The summed E-state index contributed by atoms with van der Waals surface area (Å²) < 4.78 is 10.8. The maximum absolute atomic E-state index is 12.5. The van der Waals surface area contributed by atoms with Crippen LogP contribution in [0.3, 0.4) is 0 Å². The first-order chi connectivity index (χ1) is 12.6. The van der Waals surface area contributed by atoms with E-state index in [1.165, 1.54) is 24.0 Å². The number of hydrogen-bond donors (Lipinski definition) is 1. The van der Waals surface area contributed by atoms with E-state index < -0.39 is 0 Å². The smallest absolute Gasteiger partial charge is 0.261 e. The zero-order valence-corrected chi connectivity index (χ0v) is 15.5. The SMILES string of the molecule is COc1cc(Cl)ccc1C(=O)Nc1nc(-c2ccc3c(c2)CCO3)cs1. The highest BCUT2D eigenvalue weighted by Crippen LogP contribution is 2.32. The van der Waals surface area contributed by atoms with Crippen LogP contribution in [0, 0.1) is 0 Å². The van der Waals surface area contributed by atoms with Crippen LogP contribution in [0.1, 0.15) is 15.9 Å². The molecule has 132 valence electrons. The molecule has 3 aromatic rings. The second-order valence-electron chi connectivity index (χ2n) is 5.76. The summed E-state index contributed by atoms with van der Waals surface area (Å²) in [5, 5.41) is 5.77. The van der Waals surface area contributed by atoms with Gasteiger partial charge in [0.1, 0.15) is 11.5 Å². The summed E-state index contributed by atoms with van der Waals surface area (Å²) in [6.07, 6.45) is 0.910. The summed E-state index contributed by atoms with van der Waals surface area (Å²) in [4.78, 5) is 17.0. The van der Waals surface area contributed by atoms with E-state index in [2.05, 4.69) is 16.4 Å². The molecule has 0 atom stereocenters. The molecule has 0 fully saturated rings. The van der Waals surface area contributed by atoms with E-state index in [0.717, 1.165) is 30.0 Å². The summed E-state index contributed by atoms with van der Waals surface area (Å²) in [6.45, 7) is 0.722. The minimum absolute atomic E-state index is 0.290. The molecule has 0 saturated carbocycles. The maximum atomic E-state index is 12.5. The molecule has 1 amide bonds. The molecule has 0 aliphatic carbocycles. The molecule has 0 unspecified atom stereocenters. The number of rotatable bonds is 4. The fraction of sp³-hybridized carbons (Fsp3) is 0.158. The average Bonchev–Trinajstić information content (AvgIpc) is 3.29. The molecule has 7 heteroatoms. The highest BCUT2D eigenvalue weighted by molar-refractivity contribution is 7.14. The Kier molecular flexibility index (Phi) is 4.53. The van der Waals surface area contributed by atoms with Crippen molar-refractivity contribution in [3.63, 3.8) is 0 Å². The highest BCUT2D eigenvalue weighted by atomic mass is 35.5. The predicted octanol–water partition coefficient (Wildman–Crippen LogP) is 4.66. The Balaban J connectivity index is 1.54. The third-order valence-electron chi connectivity index (χ3n) is 4.12. The van der Waals surface area contributed by atoms with Gasteiger partial charge in [-0.15, -0.1) is 11.3 Å². The van der Waals surface area contributed by atoms with Crippen molar-refractivity contribution in [1.82, 2.24) is 4.98 Å². The van der Waals surface area contributed by atoms with E-state index in [1.807, 2.05) is 17.5 Å². The molecule has 1 aliphatic rings. The number of methoxy groups -OCH3 is 1. The summed E-state index contributed by atoms with van der Waals surface area (Å²) in [5.74, 6) is 1.07. The van der Waals surface area contributed by atoms with Gasteiger partial charge in [-0.05, 0) is 42.0 Å². The summed E-state index contributed by atoms with van der Waals surface area (Å²) in [5.41, 5.74) is 3.42. The van der Waals surface area contributed by atoms with Crippen molar-refractivity contribution >= 4 is 34.0 Å². The second-order valence-corrected chi connectivity index (χ2v) is 7.05. The van der Waals surface area contributed by atoms with Crippen molar-refractivity contribution in [2.24, 2.45) is 0 Å². The Morgan fingerprint density at radius 2 is 2.19 bits per heavy atom. The van der Waals surface area contributed by atoms with Crippen molar-refractivity contribution in [3.05, 3.63) is 57.9 Å². The third-order valence-corrected chi connectivity index (χ3v) is 5.11. The van der Waals surface area contributed by atoms with Crippen LogP contribution < -0.4 is 14.8 Å². The lowest BCUT2D eigenvalue weighted by atomic mass is 10.1. The van der Waals surface area contributed by atoms with E-state index in [1.54, 1.807) is 18.2 Å². The van der Waals surface area contributed by atoms with Crippen LogP contribution in [0.2, 0.25) is 5.02 Å². The number of benzene rings is 2. The van der Waals surface area contributed by atoms with Crippen molar-refractivity contribution in [3.8, 4) is 22.8 Å². The molecule has 4 rings (SSSR count). The largest absolute Gasteiger partial charge is 0.496 e. The van der Waals surface area contributed by atoms with E-state index in [9.17, 15) is 4.79 Å². The second kappa shape index (κ2) is 6.97. The number of nitrogens with zero attached hydrogens (tertiary/aromatic N) is 1. The van der Waals surface area contributed by atoms with Gasteiger partial charge in [-0.3, -0.25) is 10.1 Å². The van der Waals surface area contributed by atoms with E-state index in [-0.39, 0.29) is 5.91 Å². The van der Waals surface area contributed by atoms with Gasteiger partial charge in [0.25, 0.3) is 5.91 Å². The molecule has 0 spiro atoms. The van der Waals surface area contributed by atoms with Gasteiger partial charge in [0.05, 0.1) is 25.0 Å². The lowest BCUT2D eigenvalue weighted by molar-refractivity contribution is 0.102. The fourth-order valence-electron chi connectivity index (χ4n) is 2.83. The van der Waals surface area contributed by atoms with Crippen LogP contribution in [-0.2, 0) is 6.42 Å². The molecule has 5 nitrogen and oxygen atoms in total. The van der Waals surface area contributed by atoms with Gasteiger partial charge >= 0.3 is 0 Å². The zero-order chi connectivity index (χ0) is 18.1. The lowest BCUT2D eigenvalue weighted by Crippen LogP contribution is -2.13. The first kappa shape index (κ1) is 16.9. The van der Waals surface area contributed by atoms with Gasteiger partial charge in [-0.2, -0.15) is 0 Å². The topological polar surface area (TPSA) is 60.5 Å². The predicted molar refractivity (Wildman–Crippen MR) is 103 cm³/mol. The van der Waals surface area contributed by atoms with Crippen LogP contribution in [-0.4, -0.2) is 24.6 Å². The van der Waals surface area contributed by atoms with Crippen molar-refractivity contribution in [1.29, 1.82) is 0 Å². The minimum atomic E-state index is -0.290. The Labute approximate surface area is 159 Å². The minimum Gasteiger partial charge on any atom is -0.496 e. The Morgan fingerprint density at radius 1 is 1.31 bits per heavy atom. The molecule has 1 N–H and O–H groups in total. The molecule has 0 radical (unpaired) electrons. The number of nitrogens with one attached hydrogen (secondary N) is 1. The van der Waals surface area contributed by atoms with Crippen molar-refractivity contribution < 1.29 is 14.3 Å². The molecule has 0 bridgehead atoms. The van der Waals surface area contributed by atoms with Gasteiger partial charge in [0.2, 0.25) is 0 Å². The van der Waals surface area contributed by atoms with Crippen LogP contribution in [0.4, 0.5) is 5.13 Å². The fourth-order valence-corrected chi connectivity index (χ4v) is 3.70. The lowest BCUT2D eigenvalue weighted by Gasteiger charge is -2.08. The van der Waals surface area contributed by atoms with Gasteiger partial charge in [0, 0.05) is 22.4 Å². The van der Waals surface area contributed by atoms with Crippen LogP contribution in [0.5, 0.6) is 11.5 Å². The van der Waals surface area contributed by atoms with Gasteiger partial charge < -0.3 is 9.47 Å². The van der Waals surface area contributed by atoms with Crippen molar-refractivity contribution in [2.45, 2.75) is 6.42 Å². The molecule has 2 aromatic carbocycles. The van der Waals surface area contributed by atoms with Gasteiger partial charge in [-0.1, -0.05) is 11.6 Å². The van der Waals surface area contributed by atoms with Gasteiger partial charge in [0.15, 0.2) is 5.13 Å². The summed E-state index contributed by atoms with van der Waals surface area (Å²) in [7, 11) is 1.50. The molecule has 0 saturated heterocycles. The van der Waals surface area contributed by atoms with Gasteiger partial charge in [-0.25, -0.2) is 4.98 Å². The molecule has 2 heterocycles.